The van der Waals surface area contributed by atoms with Gasteiger partial charge < -0.3 is 169 Å². The predicted octanol–water partition coefficient (Wildman–Crippen LogP) is -1.32. The van der Waals surface area contributed by atoms with E-state index >= 15 is 0 Å². The summed E-state index contributed by atoms with van der Waals surface area (Å²) in [5.74, 6) is -0.157. The summed E-state index contributed by atoms with van der Waals surface area (Å²) >= 11 is 0. The predicted molar refractivity (Wildman–Crippen MR) is 400 cm³/mol. The van der Waals surface area contributed by atoms with Gasteiger partial charge in [0.1, 0.15) is 153 Å². The second-order valence-electron chi connectivity index (χ2n) is 32.4. The Labute approximate surface area is 665 Å². The van der Waals surface area contributed by atoms with Crippen molar-refractivity contribution in [2.75, 3.05) is 46.2 Å². The third-order valence-corrected chi connectivity index (χ3v) is 22.7. The lowest BCUT2D eigenvalue weighted by molar-refractivity contribution is -0.374. The first-order valence-electron chi connectivity index (χ1n) is 42.3. The van der Waals surface area contributed by atoms with Crippen LogP contribution in [0, 0.1) is 5.92 Å². The molecule has 666 valence electrons. The molecule has 113 heavy (non-hydrogen) atoms. The maximum atomic E-state index is 13.7. The standard InChI is InChI=1S/C78H145NO34/c1-4-5-6-7-8-9-10-11-12-13-14-15-16-17-18-19-24-27-30-33-36-47(85)72(101)79-45(54(90)46(84)35-32-29-26-23-21-20-22-25-28-31-34-44(2)3)41-102-73-61(97)58(94)56(92)53(106-73)43-104-77-69(55(91)51(89)42-103-77)111-76-64(100)68(57(93)52(40-83)105-76)110-78-71(113-75-63(99)60(96)66(108-75)49(87)38-81)70(67(109-78)50(88)39-82)112-74-62(98)59(95)65(107-74)48(86)37-80/h44-71,73-78,80-100H,4-43H2,1-3H3,(H,79,101). The highest BCUT2D eigenvalue weighted by atomic mass is 16.8. The lowest BCUT2D eigenvalue weighted by Gasteiger charge is -2.46. The zero-order chi connectivity index (χ0) is 82.7. The summed E-state index contributed by atoms with van der Waals surface area (Å²) in [6.07, 6.45) is -25.5. The van der Waals surface area contributed by atoms with Gasteiger partial charge in [0.25, 0.3) is 0 Å². The van der Waals surface area contributed by atoms with Crippen LogP contribution in [0.3, 0.4) is 0 Å². The zero-order valence-corrected chi connectivity index (χ0v) is 66.6. The Balaban J connectivity index is 1.08. The smallest absolute Gasteiger partial charge is 0.249 e. The van der Waals surface area contributed by atoms with E-state index in [-0.39, 0.29) is 12.8 Å². The van der Waals surface area contributed by atoms with Gasteiger partial charge in [-0.25, -0.2) is 0 Å². The van der Waals surface area contributed by atoms with Crippen molar-refractivity contribution in [3.8, 4) is 0 Å². The van der Waals surface area contributed by atoms with Gasteiger partial charge in [0.15, 0.2) is 37.7 Å². The van der Waals surface area contributed by atoms with Crippen LogP contribution in [0.1, 0.15) is 233 Å². The van der Waals surface area contributed by atoms with Crippen molar-refractivity contribution in [2.24, 2.45) is 5.92 Å². The molecule has 6 rings (SSSR count). The molecule has 6 aliphatic heterocycles. The van der Waals surface area contributed by atoms with Gasteiger partial charge in [-0.15, -0.1) is 0 Å². The van der Waals surface area contributed by atoms with Crippen molar-refractivity contribution in [3.63, 3.8) is 0 Å². The highest BCUT2D eigenvalue weighted by molar-refractivity contribution is 5.80. The third-order valence-electron chi connectivity index (χ3n) is 22.7. The first kappa shape index (κ1) is 100.0. The monoisotopic (exact) mass is 1640 g/mol. The number of carbonyl (C=O) groups is 1. The van der Waals surface area contributed by atoms with E-state index in [1.165, 1.54) is 122 Å². The second kappa shape index (κ2) is 53.8. The number of nitrogens with one attached hydrogen (secondary N) is 1. The minimum atomic E-state index is -2.30. The second-order valence-corrected chi connectivity index (χ2v) is 32.4. The first-order valence-corrected chi connectivity index (χ1v) is 42.3. The van der Waals surface area contributed by atoms with Crippen LogP contribution < -0.4 is 5.32 Å². The molecule has 6 heterocycles. The van der Waals surface area contributed by atoms with Crippen LogP contribution in [0.25, 0.3) is 0 Å². The van der Waals surface area contributed by atoms with E-state index < -0.39 is 255 Å². The average molecular weight is 1640 g/mol. The molecule has 0 aromatic carbocycles. The summed E-state index contributed by atoms with van der Waals surface area (Å²) in [7, 11) is 0. The Kier molecular flexibility index (Phi) is 47.6. The summed E-state index contributed by atoms with van der Waals surface area (Å²) in [4.78, 5) is 13.7. The molecule has 0 aliphatic carbocycles. The number of unbranched alkanes of at least 4 members (excludes halogenated alkanes) is 28. The highest BCUT2D eigenvalue weighted by Gasteiger charge is 2.60. The molecule has 33 atom stereocenters. The molecule has 0 aromatic rings. The van der Waals surface area contributed by atoms with Crippen molar-refractivity contribution < 1.29 is 169 Å². The molecular weight excluding hydrogens is 1490 g/mol. The number of rotatable bonds is 59. The number of amides is 1. The Bertz CT molecular complexity index is 2460. The Morgan fingerprint density at radius 1 is 0.381 bits per heavy atom. The van der Waals surface area contributed by atoms with E-state index in [9.17, 15) is 112 Å². The van der Waals surface area contributed by atoms with E-state index in [1.807, 2.05) is 0 Å². The maximum absolute atomic E-state index is 13.7. The molecule has 6 aliphatic rings. The van der Waals surface area contributed by atoms with Gasteiger partial charge in [-0.05, 0) is 18.8 Å². The summed E-state index contributed by atoms with van der Waals surface area (Å²) in [6, 6.07) is -1.43. The molecule has 1 amide bonds. The topological polar surface area (TPSA) is 565 Å². The number of hydrogen-bond donors (Lipinski definition) is 22. The van der Waals surface area contributed by atoms with Gasteiger partial charge in [0, 0.05) is 0 Å². The van der Waals surface area contributed by atoms with Crippen LogP contribution in [-0.2, 0) is 61.6 Å². The van der Waals surface area contributed by atoms with Crippen molar-refractivity contribution >= 4 is 5.91 Å². The van der Waals surface area contributed by atoms with E-state index in [0.29, 0.717) is 18.8 Å². The van der Waals surface area contributed by atoms with Crippen LogP contribution in [0.2, 0.25) is 0 Å². The molecule has 0 radical (unpaired) electrons. The van der Waals surface area contributed by atoms with Gasteiger partial charge in [-0.1, -0.05) is 220 Å². The lowest BCUT2D eigenvalue weighted by Crippen LogP contribution is -2.64. The number of aliphatic hydroxyl groups excluding tert-OH is 21. The molecule has 0 spiro atoms. The van der Waals surface area contributed by atoms with Gasteiger partial charge in [-0.2, -0.15) is 0 Å². The van der Waals surface area contributed by atoms with Crippen molar-refractivity contribution in [3.05, 3.63) is 0 Å². The van der Waals surface area contributed by atoms with Crippen LogP contribution in [0.4, 0.5) is 0 Å². The number of ether oxygens (including phenoxy) is 12. The Morgan fingerprint density at radius 3 is 1.27 bits per heavy atom. The summed E-state index contributed by atoms with van der Waals surface area (Å²) < 4.78 is 70.7. The van der Waals surface area contributed by atoms with E-state index in [0.717, 1.165) is 64.2 Å². The van der Waals surface area contributed by atoms with Gasteiger partial charge in [0.2, 0.25) is 5.91 Å². The maximum Gasteiger partial charge on any atom is 0.249 e. The van der Waals surface area contributed by atoms with Crippen molar-refractivity contribution in [2.45, 2.75) is 435 Å². The average Bonchev–Trinajstić information content (AvgIpc) is 1.66. The van der Waals surface area contributed by atoms with Crippen LogP contribution >= 0.6 is 0 Å². The quantitative estimate of drug-likeness (QED) is 0.0314. The molecular formula is C78H145NO34. The third kappa shape index (κ3) is 31.5. The summed E-state index contributed by atoms with van der Waals surface area (Å²) in [5, 5.41) is 233. The van der Waals surface area contributed by atoms with E-state index in [2.05, 4.69) is 26.1 Å². The number of aliphatic hydroxyl groups is 21. The molecule has 35 heteroatoms. The van der Waals surface area contributed by atoms with Crippen molar-refractivity contribution in [1.82, 2.24) is 5.32 Å². The Morgan fingerprint density at radius 2 is 0.788 bits per heavy atom. The Hall–Kier alpha value is -1.85. The number of carbonyl (C=O) groups excluding carboxylic acids is 1. The molecule has 0 aromatic heterocycles. The molecule has 33 unspecified atom stereocenters. The fourth-order valence-electron chi connectivity index (χ4n) is 15.5. The lowest BCUT2D eigenvalue weighted by atomic mass is 9.98. The minimum absolute atomic E-state index is 0.109. The normalized spacial score (nSPS) is 35.6. The summed E-state index contributed by atoms with van der Waals surface area (Å²) in [5.41, 5.74) is 0. The molecule has 6 saturated heterocycles. The zero-order valence-electron chi connectivity index (χ0n) is 66.6. The molecule has 35 nitrogen and oxygen atoms in total. The van der Waals surface area contributed by atoms with Crippen LogP contribution in [-0.4, -0.2) is 362 Å². The van der Waals surface area contributed by atoms with Gasteiger partial charge in [-0.3, -0.25) is 4.79 Å². The van der Waals surface area contributed by atoms with Crippen LogP contribution in [0.15, 0.2) is 0 Å². The van der Waals surface area contributed by atoms with E-state index in [4.69, 9.17) is 56.8 Å². The SMILES string of the molecule is CCCCCCCCCCCCCCCCCCCCCCC(O)C(=O)NC(COC1OC(COC2OCC(O)C(O)C2OC2OC(CO)C(O)C(OC3OC(C(O)CO)C(OC4OC(C(O)CO)C(O)C4O)C3OC3OC(C(O)CO)C(O)C3O)C2O)C(O)C(O)C1O)C(O)C(O)CCCCCCCCCCCCC(C)C. The van der Waals surface area contributed by atoms with Gasteiger partial charge >= 0.3 is 0 Å². The van der Waals surface area contributed by atoms with Crippen LogP contribution in [0.5, 0.6) is 0 Å². The highest BCUT2D eigenvalue weighted by Crippen LogP contribution is 2.40. The van der Waals surface area contributed by atoms with Crippen molar-refractivity contribution in [1.29, 1.82) is 0 Å². The first-order chi connectivity index (χ1) is 54.2. The fraction of sp³-hybridized carbons (Fsp3) is 0.987. The number of hydrogen-bond acceptors (Lipinski definition) is 34. The minimum Gasteiger partial charge on any atom is -0.394 e. The van der Waals surface area contributed by atoms with Gasteiger partial charge in [0.05, 0.1) is 58.4 Å². The molecule has 22 N–H and O–H groups in total. The van der Waals surface area contributed by atoms with E-state index in [1.54, 1.807) is 0 Å². The molecule has 0 bridgehead atoms. The fourth-order valence-corrected chi connectivity index (χ4v) is 15.5. The molecule has 0 saturated carbocycles. The molecule has 6 fully saturated rings. The summed E-state index contributed by atoms with van der Waals surface area (Å²) in [6.45, 7) is 0.426. The largest absolute Gasteiger partial charge is 0.394 e.